The quantitative estimate of drug-likeness (QED) is 0.209. The normalized spacial score (nSPS) is 12.3. The molecule has 5 aromatic carbocycles. The molecule has 4 heteroatoms. The fourth-order valence-electron chi connectivity index (χ4n) is 5.68. The predicted octanol–water partition coefficient (Wildman–Crippen LogP) is 11.2. The highest BCUT2D eigenvalue weighted by atomic mass is 16.4. The van der Waals surface area contributed by atoms with Crippen molar-refractivity contribution in [1.82, 2.24) is 9.97 Å². The number of nitrogens with zero attached hydrogens (tertiary/aromatic N) is 2. The smallest absolute Gasteiger partial charge is 0.227 e. The summed E-state index contributed by atoms with van der Waals surface area (Å²) in [4.78, 5) is 9.98. The molecule has 0 spiro atoms. The fraction of sp³-hybridized carbons (Fsp3) is 0.200. The molecule has 2 aromatic heterocycles. The molecule has 0 amide bonds. The molecule has 0 saturated heterocycles. The second-order valence-corrected chi connectivity index (χ2v) is 13.6. The topological polar surface area (TPSA) is 52.1 Å². The van der Waals surface area contributed by atoms with Gasteiger partial charge in [-0.25, -0.2) is 9.97 Å². The predicted molar refractivity (Wildman–Crippen MR) is 181 cm³/mol. The maximum atomic E-state index is 6.53. The summed E-state index contributed by atoms with van der Waals surface area (Å²) in [7, 11) is 0. The van der Waals surface area contributed by atoms with Crippen molar-refractivity contribution < 1.29 is 8.83 Å². The standard InChI is InChI=1S/C40H36N2O2/c1-39(2,3)27-17-19-33-35(21-27)43-37(41-33)31-23-30(26-15-11-8-12-16-26)32(24-29(31)25-13-9-7-10-14-25)38-42-34-20-18-28(40(4,5)6)22-36(34)44-38/h7-24H,1-6H3. The maximum Gasteiger partial charge on any atom is 0.227 e. The molecule has 0 aliphatic carbocycles. The van der Waals surface area contributed by atoms with Gasteiger partial charge in [0.05, 0.1) is 0 Å². The molecule has 7 aromatic rings. The second kappa shape index (κ2) is 10.3. The van der Waals surface area contributed by atoms with Crippen molar-refractivity contribution in [2.45, 2.75) is 52.4 Å². The molecule has 0 unspecified atom stereocenters. The fourth-order valence-corrected chi connectivity index (χ4v) is 5.68. The second-order valence-electron chi connectivity index (χ2n) is 13.6. The molecule has 218 valence electrons. The van der Waals surface area contributed by atoms with Gasteiger partial charge in [-0.15, -0.1) is 0 Å². The van der Waals surface area contributed by atoms with Crippen LogP contribution in [0.25, 0.3) is 67.4 Å². The van der Waals surface area contributed by atoms with E-state index in [1.54, 1.807) is 0 Å². The third-order valence-corrected chi connectivity index (χ3v) is 8.30. The Bertz CT molecular complexity index is 1970. The summed E-state index contributed by atoms with van der Waals surface area (Å²) in [5, 5.41) is 0. The highest BCUT2D eigenvalue weighted by molar-refractivity contribution is 5.94. The van der Waals surface area contributed by atoms with Crippen LogP contribution in [0.3, 0.4) is 0 Å². The number of oxazole rings is 2. The molecule has 0 N–H and O–H groups in total. The molecule has 0 aliphatic heterocycles. The van der Waals surface area contributed by atoms with Crippen LogP contribution in [-0.4, -0.2) is 9.97 Å². The van der Waals surface area contributed by atoms with Crippen LogP contribution < -0.4 is 0 Å². The van der Waals surface area contributed by atoms with Crippen LogP contribution in [0.1, 0.15) is 52.7 Å². The first kappa shape index (κ1) is 27.8. The van der Waals surface area contributed by atoms with Gasteiger partial charge in [0, 0.05) is 11.1 Å². The average Bonchev–Trinajstić information content (AvgIpc) is 3.64. The van der Waals surface area contributed by atoms with Crippen LogP contribution in [0, 0.1) is 0 Å². The lowest BCUT2D eigenvalue weighted by Gasteiger charge is -2.18. The minimum atomic E-state index is 0.00565. The van der Waals surface area contributed by atoms with Crippen molar-refractivity contribution in [3.8, 4) is 45.2 Å². The number of aromatic nitrogens is 2. The van der Waals surface area contributed by atoms with E-state index in [2.05, 4.69) is 139 Å². The van der Waals surface area contributed by atoms with Crippen molar-refractivity contribution in [2.24, 2.45) is 0 Å². The van der Waals surface area contributed by atoms with Gasteiger partial charge in [-0.3, -0.25) is 0 Å². The van der Waals surface area contributed by atoms with E-state index < -0.39 is 0 Å². The van der Waals surface area contributed by atoms with Gasteiger partial charge in [-0.2, -0.15) is 0 Å². The van der Waals surface area contributed by atoms with E-state index in [4.69, 9.17) is 18.8 Å². The van der Waals surface area contributed by atoms with Crippen molar-refractivity contribution in [3.05, 3.63) is 120 Å². The lowest BCUT2D eigenvalue weighted by molar-refractivity contribution is 0.584. The van der Waals surface area contributed by atoms with E-state index >= 15 is 0 Å². The van der Waals surface area contributed by atoms with Gasteiger partial charge in [0.2, 0.25) is 11.8 Å². The van der Waals surface area contributed by atoms with E-state index in [1.807, 2.05) is 12.1 Å². The Balaban J connectivity index is 1.49. The summed E-state index contributed by atoms with van der Waals surface area (Å²) in [5.74, 6) is 1.17. The Labute approximate surface area is 258 Å². The van der Waals surface area contributed by atoms with Crippen LogP contribution in [0.15, 0.2) is 118 Å². The molecule has 4 nitrogen and oxygen atoms in total. The largest absolute Gasteiger partial charge is 0.436 e. The van der Waals surface area contributed by atoms with Crippen molar-refractivity contribution in [1.29, 1.82) is 0 Å². The average molecular weight is 577 g/mol. The first-order chi connectivity index (χ1) is 21.0. The van der Waals surface area contributed by atoms with Crippen LogP contribution in [0.5, 0.6) is 0 Å². The first-order valence-electron chi connectivity index (χ1n) is 15.2. The number of benzene rings is 5. The Hall–Kier alpha value is -4.96. The molecule has 0 bridgehead atoms. The van der Waals surface area contributed by atoms with E-state index in [-0.39, 0.29) is 10.8 Å². The molecule has 0 radical (unpaired) electrons. The lowest BCUT2D eigenvalue weighted by Crippen LogP contribution is -2.10. The van der Waals surface area contributed by atoms with Gasteiger partial charge in [-0.05, 0) is 80.6 Å². The van der Waals surface area contributed by atoms with Crippen LogP contribution in [-0.2, 0) is 10.8 Å². The van der Waals surface area contributed by atoms with Gasteiger partial charge < -0.3 is 8.83 Å². The van der Waals surface area contributed by atoms with E-state index in [9.17, 15) is 0 Å². The number of hydrogen-bond acceptors (Lipinski definition) is 4. The monoisotopic (exact) mass is 576 g/mol. The molecule has 0 aliphatic rings. The Morgan fingerprint density at radius 2 is 0.818 bits per heavy atom. The third kappa shape index (κ3) is 5.11. The Morgan fingerprint density at radius 3 is 1.18 bits per heavy atom. The minimum Gasteiger partial charge on any atom is -0.436 e. The van der Waals surface area contributed by atoms with E-state index in [1.165, 1.54) is 11.1 Å². The van der Waals surface area contributed by atoms with Gasteiger partial charge in [0.1, 0.15) is 11.0 Å². The zero-order chi connectivity index (χ0) is 30.6. The number of rotatable bonds is 4. The highest BCUT2D eigenvalue weighted by Crippen LogP contribution is 2.43. The van der Waals surface area contributed by atoms with Crippen LogP contribution in [0.2, 0.25) is 0 Å². The first-order valence-corrected chi connectivity index (χ1v) is 15.2. The zero-order valence-electron chi connectivity index (χ0n) is 26.1. The molecular formula is C40H36N2O2. The molecule has 0 saturated carbocycles. The molecule has 2 heterocycles. The van der Waals surface area contributed by atoms with Gasteiger partial charge in [0.25, 0.3) is 0 Å². The van der Waals surface area contributed by atoms with E-state index in [0.717, 1.165) is 55.6 Å². The van der Waals surface area contributed by atoms with Crippen molar-refractivity contribution in [3.63, 3.8) is 0 Å². The van der Waals surface area contributed by atoms with Crippen LogP contribution >= 0.6 is 0 Å². The SMILES string of the molecule is CC(C)(C)c1ccc2nc(-c3cc(-c4ccccc4)c(-c4nc5ccc(C(C)(C)C)cc5o4)cc3-c3ccccc3)oc2c1. The van der Waals surface area contributed by atoms with Crippen molar-refractivity contribution in [2.75, 3.05) is 0 Å². The molecular weight excluding hydrogens is 540 g/mol. The van der Waals surface area contributed by atoms with Crippen molar-refractivity contribution >= 4 is 22.2 Å². The number of hydrogen-bond donors (Lipinski definition) is 0. The van der Waals surface area contributed by atoms with Gasteiger partial charge in [-0.1, -0.05) is 114 Å². The summed E-state index contributed by atoms with van der Waals surface area (Å²) in [5.41, 5.74) is 11.6. The Morgan fingerprint density at radius 1 is 0.432 bits per heavy atom. The third-order valence-electron chi connectivity index (χ3n) is 8.30. The summed E-state index contributed by atoms with van der Waals surface area (Å²) < 4.78 is 13.1. The Kier molecular flexibility index (Phi) is 6.55. The van der Waals surface area contributed by atoms with Gasteiger partial charge in [0.15, 0.2) is 11.2 Å². The number of fused-ring (bicyclic) bond motifs is 2. The summed E-state index contributed by atoms with van der Waals surface area (Å²) in [6, 6.07) is 37.7. The molecule has 7 rings (SSSR count). The highest BCUT2D eigenvalue weighted by Gasteiger charge is 2.23. The zero-order valence-corrected chi connectivity index (χ0v) is 26.1. The lowest BCUT2D eigenvalue weighted by atomic mass is 9.87. The maximum absolute atomic E-state index is 6.53. The molecule has 44 heavy (non-hydrogen) atoms. The summed E-state index contributed by atoms with van der Waals surface area (Å²) in [6.07, 6.45) is 0. The summed E-state index contributed by atoms with van der Waals surface area (Å²) >= 11 is 0. The molecule has 0 atom stereocenters. The summed E-state index contributed by atoms with van der Waals surface area (Å²) in [6.45, 7) is 13.2. The van der Waals surface area contributed by atoms with Gasteiger partial charge >= 0.3 is 0 Å². The van der Waals surface area contributed by atoms with Crippen LogP contribution in [0.4, 0.5) is 0 Å². The molecule has 0 fully saturated rings. The van der Waals surface area contributed by atoms with E-state index in [0.29, 0.717) is 11.8 Å². The minimum absolute atomic E-state index is 0.00565.